The summed E-state index contributed by atoms with van der Waals surface area (Å²) >= 11 is 0. The first kappa shape index (κ1) is 19.4. The number of nitrogens with zero attached hydrogens (tertiary/aromatic N) is 1. The summed E-state index contributed by atoms with van der Waals surface area (Å²) in [4.78, 5) is 23.0. The Bertz CT molecular complexity index is 776. The number of hydrogen-bond acceptors (Lipinski definition) is 5. The van der Waals surface area contributed by atoms with Gasteiger partial charge in [0.2, 0.25) is 5.91 Å². The first-order valence-electron chi connectivity index (χ1n) is 8.44. The molecular formula is C19H24N4O3. The van der Waals surface area contributed by atoms with E-state index in [1.54, 1.807) is 13.0 Å². The normalized spacial score (nSPS) is 12.9. The van der Waals surface area contributed by atoms with Gasteiger partial charge in [0.25, 0.3) is 5.69 Å². The van der Waals surface area contributed by atoms with Crippen molar-refractivity contribution in [3.63, 3.8) is 0 Å². The molecule has 2 rings (SSSR count). The smallest absolute Gasteiger partial charge is 0.292 e. The summed E-state index contributed by atoms with van der Waals surface area (Å²) in [5.74, 6) is -0.259. The van der Waals surface area contributed by atoms with Gasteiger partial charge in [-0.15, -0.1) is 0 Å². The van der Waals surface area contributed by atoms with E-state index in [4.69, 9.17) is 5.73 Å². The minimum Gasteiger partial charge on any atom is -0.379 e. The maximum atomic E-state index is 12.3. The number of amides is 1. The van der Waals surface area contributed by atoms with Crippen LogP contribution < -0.4 is 16.4 Å². The lowest BCUT2D eigenvalue weighted by Gasteiger charge is -2.24. The molecule has 0 saturated carbocycles. The Morgan fingerprint density at radius 2 is 1.88 bits per heavy atom. The van der Waals surface area contributed by atoms with E-state index in [1.165, 1.54) is 6.07 Å². The molecule has 0 aliphatic heterocycles. The van der Waals surface area contributed by atoms with Crippen LogP contribution in [0, 0.1) is 17.0 Å². The molecule has 7 heteroatoms. The lowest BCUT2D eigenvalue weighted by atomic mass is 9.92. The lowest BCUT2D eigenvalue weighted by molar-refractivity contribution is -0.384. The summed E-state index contributed by atoms with van der Waals surface area (Å²) in [5, 5.41) is 17.0. The van der Waals surface area contributed by atoms with Crippen molar-refractivity contribution in [1.29, 1.82) is 0 Å². The van der Waals surface area contributed by atoms with Crippen molar-refractivity contribution in [2.24, 2.45) is 5.73 Å². The van der Waals surface area contributed by atoms with Crippen molar-refractivity contribution in [3.05, 3.63) is 69.8 Å². The Morgan fingerprint density at radius 1 is 1.19 bits per heavy atom. The van der Waals surface area contributed by atoms with E-state index < -0.39 is 10.5 Å². The van der Waals surface area contributed by atoms with E-state index in [0.29, 0.717) is 25.2 Å². The van der Waals surface area contributed by atoms with Gasteiger partial charge in [-0.3, -0.25) is 14.9 Å². The lowest BCUT2D eigenvalue weighted by Crippen LogP contribution is -2.49. The fourth-order valence-corrected chi connectivity index (χ4v) is 2.55. The number of anilines is 1. The van der Waals surface area contributed by atoms with Crippen LogP contribution in [0.25, 0.3) is 0 Å². The van der Waals surface area contributed by atoms with Crippen LogP contribution in [0.15, 0.2) is 48.5 Å². The summed E-state index contributed by atoms with van der Waals surface area (Å²) in [6.07, 6.45) is 0.613. The Morgan fingerprint density at radius 3 is 2.54 bits per heavy atom. The molecule has 1 atom stereocenters. The molecule has 1 unspecified atom stereocenters. The molecule has 0 heterocycles. The second-order valence-corrected chi connectivity index (χ2v) is 6.38. The predicted octanol–water partition coefficient (Wildman–Crippen LogP) is 2.70. The first-order valence-corrected chi connectivity index (χ1v) is 8.44. The molecule has 0 aliphatic carbocycles. The van der Waals surface area contributed by atoms with Crippen molar-refractivity contribution < 1.29 is 9.72 Å². The van der Waals surface area contributed by atoms with Gasteiger partial charge in [0.15, 0.2) is 0 Å². The number of rotatable bonds is 8. The molecule has 0 fully saturated rings. The zero-order valence-electron chi connectivity index (χ0n) is 15.0. The van der Waals surface area contributed by atoms with Crippen LogP contribution in [-0.4, -0.2) is 23.9 Å². The van der Waals surface area contributed by atoms with Gasteiger partial charge in [0.05, 0.1) is 4.92 Å². The first-order chi connectivity index (χ1) is 12.3. The molecule has 0 saturated heterocycles. The van der Waals surface area contributed by atoms with E-state index in [9.17, 15) is 14.9 Å². The van der Waals surface area contributed by atoms with Crippen LogP contribution >= 0.6 is 0 Å². The highest BCUT2D eigenvalue weighted by Gasteiger charge is 2.29. The third-order valence-electron chi connectivity index (χ3n) is 4.15. The summed E-state index contributed by atoms with van der Waals surface area (Å²) in [6, 6.07) is 14.2. The van der Waals surface area contributed by atoms with Crippen LogP contribution in [0.2, 0.25) is 0 Å². The number of carbonyl (C=O) groups is 1. The fraction of sp³-hybridized carbons (Fsp3) is 0.316. The molecular weight excluding hydrogens is 332 g/mol. The zero-order valence-corrected chi connectivity index (χ0v) is 15.0. The Kier molecular flexibility index (Phi) is 6.30. The van der Waals surface area contributed by atoms with Crippen molar-refractivity contribution in [3.8, 4) is 0 Å². The van der Waals surface area contributed by atoms with E-state index in [1.807, 2.05) is 43.3 Å². The molecule has 138 valence electrons. The summed E-state index contributed by atoms with van der Waals surface area (Å²) in [6.45, 7) is 4.40. The second-order valence-electron chi connectivity index (χ2n) is 6.38. The molecule has 0 aliphatic rings. The predicted molar refractivity (Wildman–Crippen MR) is 102 cm³/mol. The second kappa shape index (κ2) is 8.44. The van der Waals surface area contributed by atoms with E-state index in [-0.39, 0.29) is 11.6 Å². The molecule has 0 aromatic heterocycles. The topological polar surface area (TPSA) is 110 Å². The molecule has 7 nitrogen and oxygen atoms in total. The van der Waals surface area contributed by atoms with Gasteiger partial charge in [-0.1, -0.05) is 36.4 Å². The minimum atomic E-state index is -1.11. The number of nitrogens with two attached hydrogens (primary N) is 1. The minimum absolute atomic E-state index is 0.0487. The largest absolute Gasteiger partial charge is 0.379 e. The SMILES string of the molecule is Cc1ccc(NCCCNC(=O)C(C)(N)c2ccccc2)c([N+](=O)[O-])c1. The number of carbonyl (C=O) groups excluding carboxylic acids is 1. The van der Waals surface area contributed by atoms with Crippen LogP contribution in [0.1, 0.15) is 24.5 Å². The maximum absolute atomic E-state index is 12.3. The third kappa shape index (κ3) is 4.80. The molecule has 1 amide bonds. The van der Waals surface area contributed by atoms with Crippen LogP contribution in [0.4, 0.5) is 11.4 Å². The molecule has 0 bridgehead atoms. The highest BCUT2D eigenvalue weighted by Crippen LogP contribution is 2.25. The number of nitro benzene ring substituents is 1. The average molecular weight is 356 g/mol. The molecule has 0 radical (unpaired) electrons. The maximum Gasteiger partial charge on any atom is 0.292 e. The number of hydrogen-bond donors (Lipinski definition) is 3. The molecule has 2 aromatic rings. The number of nitro groups is 1. The number of nitrogens with one attached hydrogen (secondary N) is 2. The van der Waals surface area contributed by atoms with Crippen LogP contribution in [-0.2, 0) is 10.3 Å². The van der Waals surface area contributed by atoms with E-state index in [2.05, 4.69) is 10.6 Å². The fourth-order valence-electron chi connectivity index (χ4n) is 2.55. The van der Waals surface area contributed by atoms with Gasteiger partial charge in [-0.2, -0.15) is 0 Å². The molecule has 4 N–H and O–H groups in total. The van der Waals surface area contributed by atoms with Gasteiger partial charge in [0, 0.05) is 19.2 Å². The summed E-state index contributed by atoms with van der Waals surface area (Å²) in [5.41, 5.74) is 7.14. The Hall–Kier alpha value is -2.93. The average Bonchev–Trinajstić information content (AvgIpc) is 2.62. The third-order valence-corrected chi connectivity index (χ3v) is 4.15. The summed E-state index contributed by atoms with van der Waals surface area (Å²) < 4.78 is 0. The number of aryl methyl sites for hydroxylation is 1. The van der Waals surface area contributed by atoms with Gasteiger partial charge in [-0.05, 0) is 37.5 Å². The monoisotopic (exact) mass is 356 g/mol. The van der Waals surface area contributed by atoms with Gasteiger partial charge >= 0.3 is 0 Å². The zero-order chi connectivity index (χ0) is 19.2. The van der Waals surface area contributed by atoms with Crippen LogP contribution in [0.5, 0.6) is 0 Å². The molecule has 26 heavy (non-hydrogen) atoms. The Balaban J connectivity index is 1.82. The van der Waals surface area contributed by atoms with Crippen molar-refractivity contribution in [1.82, 2.24) is 5.32 Å². The van der Waals surface area contributed by atoms with Crippen molar-refractivity contribution >= 4 is 17.3 Å². The van der Waals surface area contributed by atoms with E-state index in [0.717, 1.165) is 11.1 Å². The van der Waals surface area contributed by atoms with Gasteiger partial charge in [-0.25, -0.2) is 0 Å². The van der Waals surface area contributed by atoms with Gasteiger partial charge in [0.1, 0.15) is 11.2 Å². The quantitative estimate of drug-likeness (QED) is 0.383. The highest BCUT2D eigenvalue weighted by molar-refractivity contribution is 5.86. The van der Waals surface area contributed by atoms with E-state index >= 15 is 0 Å². The van der Waals surface area contributed by atoms with Crippen molar-refractivity contribution in [2.75, 3.05) is 18.4 Å². The molecule has 0 spiro atoms. The Labute approximate surface area is 152 Å². The van der Waals surface area contributed by atoms with Gasteiger partial charge < -0.3 is 16.4 Å². The van der Waals surface area contributed by atoms with Crippen molar-refractivity contribution in [2.45, 2.75) is 25.8 Å². The van der Waals surface area contributed by atoms with Crippen LogP contribution in [0.3, 0.4) is 0 Å². The number of benzene rings is 2. The molecule has 2 aromatic carbocycles. The standard InChI is InChI=1S/C19H24N4O3/c1-14-9-10-16(17(13-14)23(25)26)21-11-6-12-22-18(24)19(2,20)15-7-4-3-5-8-15/h3-5,7-10,13,21H,6,11-12,20H2,1-2H3,(H,22,24). The highest BCUT2D eigenvalue weighted by atomic mass is 16.6. The summed E-state index contributed by atoms with van der Waals surface area (Å²) in [7, 11) is 0.